The third kappa shape index (κ3) is 9.13. The predicted molar refractivity (Wildman–Crippen MR) is 126 cm³/mol. The van der Waals surface area contributed by atoms with E-state index < -0.39 is 18.4 Å². The molecule has 0 aromatic carbocycles. The van der Waals surface area contributed by atoms with Crippen LogP contribution in [0.3, 0.4) is 0 Å². The molecule has 0 saturated heterocycles. The zero-order valence-corrected chi connectivity index (χ0v) is 22.0. The minimum absolute atomic E-state index is 1.11. The van der Waals surface area contributed by atoms with Gasteiger partial charge in [0.15, 0.2) is 0 Å². The van der Waals surface area contributed by atoms with Gasteiger partial charge >= 0.3 is 123 Å². The average Bonchev–Trinajstić information content (AvgIpc) is 3.37. The van der Waals surface area contributed by atoms with Gasteiger partial charge in [-0.1, -0.05) is 45.4 Å². The second-order valence-corrected chi connectivity index (χ2v) is 23.6. The Morgan fingerprint density at radius 1 is 0.846 bits per heavy atom. The van der Waals surface area contributed by atoms with Crippen LogP contribution in [0.15, 0.2) is 17.5 Å². The van der Waals surface area contributed by atoms with Crippen molar-refractivity contribution in [2.24, 2.45) is 5.92 Å². The van der Waals surface area contributed by atoms with Gasteiger partial charge in [0, 0.05) is 0 Å². The molecule has 0 spiro atoms. The summed E-state index contributed by atoms with van der Waals surface area (Å²) in [7, 11) is 0. The summed E-state index contributed by atoms with van der Waals surface area (Å²) in [5, 5.41) is 2.31. The monoisotopic (exact) mass is 486 g/mol. The Balaban J connectivity index is 0.000000350. The second-order valence-electron chi connectivity index (χ2n) is 8.51. The molecule has 26 heavy (non-hydrogen) atoms. The topological polar surface area (TPSA) is 0 Å². The molecule has 0 atom stereocenters. The summed E-state index contributed by atoms with van der Waals surface area (Å²) in [4.78, 5) is 0. The summed E-state index contributed by atoms with van der Waals surface area (Å²) in [5.74, 6) is 1.11. The van der Waals surface area contributed by atoms with Crippen LogP contribution in [0.2, 0.25) is 13.3 Å². The van der Waals surface area contributed by atoms with E-state index in [2.05, 4.69) is 56.5 Å². The zero-order valence-electron chi connectivity index (χ0n) is 18.3. The normalized spacial score (nSPS) is 15.1. The van der Waals surface area contributed by atoms with Gasteiger partial charge in [-0.3, -0.25) is 0 Å². The van der Waals surface area contributed by atoms with Gasteiger partial charge in [-0.15, -0.1) is 0 Å². The summed E-state index contributed by atoms with van der Waals surface area (Å²) in [6, 6.07) is 4.76. The Hall–Kier alpha value is 0.499. The average molecular weight is 485 g/mol. The van der Waals surface area contributed by atoms with E-state index in [0.29, 0.717) is 0 Å². The molecule has 0 nitrogen and oxygen atoms in total. The van der Waals surface area contributed by atoms with Crippen LogP contribution in [0.5, 0.6) is 0 Å². The van der Waals surface area contributed by atoms with Crippen LogP contribution >= 0.6 is 11.3 Å². The molecular weight excluding hydrogens is 439 g/mol. The molecule has 0 unspecified atom stereocenters. The molecule has 1 aromatic heterocycles. The van der Waals surface area contributed by atoms with Gasteiger partial charge in [0.2, 0.25) is 0 Å². The fourth-order valence-electron chi connectivity index (χ4n) is 4.58. The van der Waals surface area contributed by atoms with Gasteiger partial charge in [-0.05, 0) is 5.92 Å². The van der Waals surface area contributed by atoms with E-state index in [9.17, 15) is 0 Å². The Morgan fingerprint density at radius 2 is 1.38 bits per heavy atom. The molecule has 1 heterocycles. The molecule has 2 rings (SSSR count). The molecule has 1 aliphatic carbocycles. The van der Waals surface area contributed by atoms with Crippen LogP contribution in [0.1, 0.15) is 105 Å². The summed E-state index contributed by atoms with van der Waals surface area (Å²) in [6.45, 7) is 9.35. The van der Waals surface area contributed by atoms with Crippen molar-refractivity contribution in [3.05, 3.63) is 17.5 Å². The standard InChI is InChI=1S/C8H16.C4H3S.3C4H9.Sn/c1-2-5-8-6-3-4-7-8;1-2-4-5-3-1;3*1-3-4-2;/h8H,2-7H2,1H3;1-3H;3*1,3-4H2,2H3;. The summed E-state index contributed by atoms with van der Waals surface area (Å²) >= 11 is 0.0608. The fourth-order valence-corrected chi connectivity index (χ4v) is 24.4. The molecule has 0 amide bonds. The third-order valence-corrected chi connectivity index (χ3v) is 25.5. The number of hydrogen-bond acceptors (Lipinski definition) is 1. The summed E-state index contributed by atoms with van der Waals surface area (Å²) < 4.78 is 6.67. The molecule has 1 aromatic rings. The maximum absolute atomic E-state index is 2.47. The van der Waals surface area contributed by atoms with Crippen molar-refractivity contribution >= 4 is 32.6 Å². The van der Waals surface area contributed by atoms with Gasteiger partial charge in [-0.2, -0.15) is 0 Å². The van der Waals surface area contributed by atoms with Crippen molar-refractivity contribution in [2.75, 3.05) is 0 Å². The molecule has 0 aliphatic heterocycles. The molecule has 1 fully saturated rings. The Morgan fingerprint density at radius 3 is 1.77 bits per heavy atom. The first-order chi connectivity index (χ1) is 12.7. The van der Waals surface area contributed by atoms with Crippen molar-refractivity contribution in [2.45, 2.75) is 118 Å². The van der Waals surface area contributed by atoms with Crippen molar-refractivity contribution in [1.82, 2.24) is 0 Å². The van der Waals surface area contributed by atoms with Crippen LogP contribution in [-0.4, -0.2) is 18.4 Å². The molecule has 0 radical (unpaired) electrons. The van der Waals surface area contributed by atoms with Crippen LogP contribution in [0.25, 0.3) is 0 Å². The fraction of sp³-hybridized carbons (Fsp3) is 0.833. The number of rotatable bonds is 12. The zero-order chi connectivity index (χ0) is 19.1. The molecule has 2 heteroatoms. The third-order valence-electron chi connectivity index (χ3n) is 6.24. The van der Waals surface area contributed by atoms with Crippen molar-refractivity contribution in [3.63, 3.8) is 0 Å². The Bertz CT molecular complexity index is 384. The minimum atomic E-state index is -2.01. The maximum atomic E-state index is 2.47. The predicted octanol–water partition coefficient (Wildman–Crippen LogP) is 8.78. The van der Waals surface area contributed by atoms with Crippen molar-refractivity contribution in [3.8, 4) is 0 Å². The first kappa shape index (κ1) is 24.5. The summed E-state index contributed by atoms with van der Waals surface area (Å²) in [6.07, 6.45) is 17.5. The molecule has 1 aliphatic rings. The number of unbranched alkanes of at least 4 members (excludes halogenated alkanes) is 3. The van der Waals surface area contributed by atoms with E-state index >= 15 is 0 Å². The van der Waals surface area contributed by atoms with E-state index in [1.807, 2.05) is 2.89 Å². The van der Waals surface area contributed by atoms with Gasteiger partial charge in [-0.25, -0.2) is 0 Å². The van der Waals surface area contributed by atoms with Crippen LogP contribution in [0.4, 0.5) is 0 Å². The first-order valence-electron chi connectivity index (χ1n) is 11.8. The van der Waals surface area contributed by atoms with Crippen LogP contribution in [-0.2, 0) is 0 Å². The second kappa shape index (κ2) is 15.4. The molecule has 0 bridgehead atoms. The van der Waals surface area contributed by atoms with Gasteiger partial charge in [0.1, 0.15) is 0 Å². The van der Waals surface area contributed by atoms with E-state index in [4.69, 9.17) is 0 Å². The van der Waals surface area contributed by atoms with Gasteiger partial charge in [0.05, 0.1) is 0 Å². The summed E-state index contributed by atoms with van der Waals surface area (Å²) in [5.41, 5.74) is 0. The number of thiophene rings is 1. The number of hydrogen-bond donors (Lipinski definition) is 0. The van der Waals surface area contributed by atoms with E-state index in [1.165, 1.54) is 77.0 Å². The molecule has 0 N–H and O–H groups in total. The Labute approximate surface area is 173 Å². The molecule has 1 saturated carbocycles. The Kier molecular flexibility index (Phi) is 14.6. The molecular formula is C24H46SSn. The van der Waals surface area contributed by atoms with Crippen LogP contribution in [0, 0.1) is 5.92 Å². The van der Waals surface area contributed by atoms with E-state index in [0.717, 1.165) is 5.92 Å². The van der Waals surface area contributed by atoms with Crippen LogP contribution < -0.4 is 2.89 Å². The quantitative estimate of drug-likeness (QED) is 0.260. The van der Waals surface area contributed by atoms with E-state index in [1.54, 1.807) is 13.3 Å². The van der Waals surface area contributed by atoms with Gasteiger partial charge in [0.25, 0.3) is 0 Å². The van der Waals surface area contributed by atoms with Gasteiger partial charge < -0.3 is 0 Å². The molecule has 152 valence electrons. The first-order valence-corrected chi connectivity index (χ1v) is 20.1. The SMILES string of the molecule is CCCC1CCCC1.CCC[CH2][Sn]([CH2]CCC)([CH2]CCC)[c]1cccs1. The van der Waals surface area contributed by atoms with E-state index in [-0.39, 0.29) is 0 Å². The van der Waals surface area contributed by atoms with Crippen molar-refractivity contribution in [1.29, 1.82) is 0 Å². The van der Waals surface area contributed by atoms with Crippen molar-refractivity contribution < 1.29 is 0 Å².